The van der Waals surface area contributed by atoms with Crippen LogP contribution in [0.4, 0.5) is 4.79 Å². The summed E-state index contributed by atoms with van der Waals surface area (Å²) in [6, 6.07) is 7.48. The predicted octanol–water partition coefficient (Wildman–Crippen LogP) is 3.92. The molecule has 2 rings (SSSR count). The number of hydrogen-bond acceptors (Lipinski definition) is 4. The Morgan fingerprint density at radius 2 is 1.90 bits per heavy atom. The number of rotatable bonds is 6. The van der Waals surface area contributed by atoms with E-state index in [1.54, 1.807) is 6.08 Å². The maximum atomic E-state index is 12.2. The third kappa shape index (κ3) is 3.88. The number of unbranched alkanes of at least 4 members (excludes halogenated alkanes) is 1. The normalized spacial score (nSPS) is 16.9. The average molecular weight is 305 g/mol. The molecule has 1 heterocycles. The Balaban J connectivity index is 2.10. The number of benzene rings is 1. The van der Waals surface area contributed by atoms with Gasteiger partial charge in [0.25, 0.3) is 11.1 Å². The first-order chi connectivity index (χ1) is 10.2. The molecular weight excluding hydrogens is 286 g/mol. The van der Waals surface area contributed by atoms with Crippen molar-refractivity contribution < 1.29 is 14.3 Å². The van der Waals surface area contributed by atoms with Crippen LogP contribution in [0.2, 0.25) is 0 Å². The summed E-state index contributed by atoms with van der Waals surface area (Å²) >= 11 is 1.01. The van der Waals surface area contributed by atoms with Gasteiger partial charge in [-0.1, -0.05) is 25.5 Å². The van der Waals surface area contributed by atoms with Gasteiger partial charge in [0.1, 0.15) is 5.75 Å². The van der Waals surface area contributed by atoms with Crippen molar-refractivity contribution >= 4 is 29.0 Å². The minimum Gasteiger partial charge on any atom is -0.494 e. The van der Waals surface area contributed by atoms with Gasteiger partial charge < -0.3 is 4.74 Å². The standard InChI is InChI=1S/C16H19NO3S/c1-3-5-10-17-15(18)14(21-16(17)19)11-12-6-8-13(9-7-12)20-4-2/h6-9,11H,3-5,10H2,1-2H3. The molecule has 0 spiro atoms. The Bertz CT molecular complexity index is 551. The van der Waals surface area contributed by atoms with Crippen LogP contribution in [-0.2, 0) is 4.79 Å². The van der Waals surface area contributed by atoms with Crippen LogP contribution in [0.1, 0.15) is 32.3 Å². The van der Waals surface area contributed by atoms with Crippen molar-refractivity contribution in [2.45, 2.75) is 26.7 Å². The van der Waals surface area contributed by atoms with Crippen molar-refractivity contribution in [1.82, 2.24) is 4.90 Å². The number of thioether (sulfide) groups is 1. The lowest BCUT2D eigenvalue weighted by atomic mass is 10.2. The molecule has 1 fully saturated rings. The second-order valence-electron chi connectivity index (χ2n) is 4.69. The van der Waals surface area contributed by atoms with Crippen molar-refractivity contribution in [2.75, 3.05) is 13.2 Å². The second kappa shape index (κ2) is 7.31. The van der Waals surface area contributed by atoms with Crippen molar-refractivity contribution in [3.8, 4) is 5.75 Å². The first-order valence-corrected chi connectivity index (χ1v) is 7.95. The van der Waals surface area contributed by atoms with Crippen LogP contribution >= 0.6 is 11.8 Å². The predicted molar refractivity (Wildman–Crippen MR) is 85.2 cm³/mol. The Kier molecular flexibility index (Phi) is 5.44. The number of imide groups is 1. The zero-order chi connectivity index (χ0) is 15.2. The molecular formula is C16H19NO3S. The molecule has 0 bridgehead atoms. The molecule has 0 radical (unpaired) electrons. The minimum atomic E-state index is -0.188. The highest BCUT2D eigenvalue weighted by molar-refractivity contribution is 8.18. The molecule has 1 aliphatic rings. The van der Waals surface area contributed by atoms with Gasteiger partial charge in [0.05, 0.1) is 11.5 Å². The van der Waals surface area contributed by atoms with Gasteiger partial charge in [-0.15, -0.1) is 0 Å². The summed E-state index contributed by atoms with van der Waals surface area (Å²) < 4.78 is 5.38. The summed E-state index contributed by atoms with van der Waals surface area (Å²) in [6.45, 7) is 5.09. The Hall–Kier alpha value is -1.75. The molecule has 1 aliphatic heterocycles. The lowest BCUT2D eigenvalue weighted by Crippen LogP contribution is -2.29. The van der Waals surface area contributed by atoms with Gasteiger partial charge in [0.15, 0.2) is 0 Å². The molecule has 1 aromatic carbocycles. The van der Waals surface area contributed by atoms with Crippen LogP contribution in [0.15, 0.2) is 29.2 Å². The van der Waals surface area contributed by atoms with E-state index in [0.717, 1.165) is 35.9 Å². The van der Waals surface area contributed by atoms with Gasteiger partial charge in [-0.2, -0.15) is 0 Å². The smallest absolute Gasteiger partial charge is 0.293 e. The Morgan fingerprint density at radius 1 is 1.19 bits per heavy atom. The van der Waals surface area contributed by atoms with Crippen LogP contribution in [-0.4, -0.2) is 29.2 Å². The van der Waals surface area contributed by atoms with Gasteiger partial charge >= 0.3 is 0 Å². The molecule has 0 saturated carbocycles. The lowest BCUT2D eigenvalue weighted by molar-refractivity contribution is -0.122. The third-order valence-electron chi connectivity index (χ3n) is 3.10. The maximum absolute atomic E-state index is 12.2. The zero-order valence-corrected chi connectivity index (χ0v) is 13.1. The van der Waals surface area contributed by atoms with E-state index in [2.05, 4.69) is 0 Å². The van der Waals surface area contributed by atoms with Gasteiger partial charge in [0, 0.05) is 6.54 Å². The fraction of sp³-hybridized carbons (Fsp3) is 0.375. The Labute approximate surface area is 129 Å². The molecule has 1 aromatic rings. The molecule has 112 valence electrons. The molecule has 4 nitrogen and oxygen atoms in total. The van der Waals surface area contributed by atoms with Crippen LogP contribution in [0.5, 0.6) is 5.75 Å². The van der Waals surface area contributed by atoms with Gasteiger partial charge in [-0.3, -0.25) is 14.5 Å². The molecule has 1 saturated heterocycles. The summed E-state index contributed by atoms with van der Waals surface area (Å²) in [5, 5.41) is -0.175. The molecule has 5 heteroatoms. The highest BCUT2D eigenvalue weighted by Crippen LogP contribution is 2.32. The van der Waals surface area contributed by atoms with Gasteiger partial charge in [-0.25, -0.2) is 0 Å². The number of carbonyl (C=O) groups is 2. The summed E-state index contributed by atoms with van der Waals surface area (Å²) in [6.07, 6.45) is 3.56. The number of amides is 2. The molecule has 21 heavy (non-hydrogen) atoms. The molecule has 0 aromatic heterocycles. The SMILES string of the molecule is CCCCN1C(=O)SC(=Cc2ccc(OCC)cc2)C1=O. The monoisotopic (exact) mass is 305 g/mol. The van der Waals surface area contributed by atoms with Crippen LogP contribution in [0.3, 0.4) is 0 Å². The van der Waals surface area contributed by atoms with Crippen molar-refractivity contribution in [2.24, 2.45) is 0 Å². The van der Waals surface area contributed by atoms with E-state index in [0.29, 0.717) is 18.1 Å². The number of hydrogen-bond donors (Lipinski definition) is 0. The average Bonchev–Trinajstić information content (AvgIpc) is 2.74. The van der Waals surface area contributed by atoms with E-state index in [1.165, 1.54) is 4.90 Å². The van der Waals surface area contributed by atoms with Crippen LogP contribution < -0.4 is 4.74 Å². The number of carbonyl (C=O) groups excluding carboxylic acids is 2. The second-order valence-corrected chi connectivity index (χ2v) is 5.68. The van der Waals surface area contributed by atoms with E-state index < -0.39 is 0 Å². The fourth-order valence-electron chi connectivity index (χ4n) is 1.99. The Morgan fingerprint density at radius 3 is 2.52 bits per heavy atom. The molecule has 0 unspecified atom stereocenters. The summed E-state index contributed by atoms with van der Waals surface area (Å²) in [5.74, 6) is 0.609. The van der Waals surface area contributed by atoms with Gasteiger partial charge in [-0.05, 0) is 48.9 Å². The molecule has 0 N–H and O–H groups in total. The zero-order valence-electron chi connectivity index (χ0n) is 12.3. The van der Waals surface area contributed by atoms with E-state index >= 15 is 0 Å². The lowest BCUT2D eigenvalue weighted by Gasteiger charge is -2.10. The largest absolute Gasteiger partial charge is 0.494 e. The summed E-state index contributed by atoms with van der Waals surface area (Å²) in [4.78, 5) is 25.8. The molecule has 0 atom stereocenters. The van der Waals surface area contributed by atoms with Gasteiger partial charge in [0.2, 0.25) is 0 Å². The van der Waals surface area contributed by atoms with Crippen molar-refractivity contribution in [3.05, 3.63) is 34.7 Å². The van der Waals surface area contributed by atoms with E-state index in [9.17, 15) is 9.59 Å². The number of nitrogens with zero attached hydrogens (tertiary/aromatic N) is 1. The highest BCUT2D eigenvalue weighted by atomic mass is 32.2. The van der Waals surface area contributed by atoms with Crippen molar-refractivity contribution in [1.29, 1.82) is 0 Å². The maximum Gasteiger partial charge on any atom is 0.293 e. The van der Waals surface area contributed by atoms with Crippen molar-refractivity contribution in [3.63, 3.8) is 0 Å². The first kappa shape index (κ1) is 15.6. The summed E-state index contributed by atoms with van der Waals surface area (Å²) in [5.41, 5.74) is 0.888. The summed E-state index contributed by atoms with van der Waals surface area (Å²) in [7, 11) is 0. The van der Waals surface area contributed by atoms with Crippen LogP contribution in [0.25, 0.3) is 6.08 Å². The molecule has 0 aliphatic carbocycles. The molecule has 2 amide bonds. The quantitative estimate of drug-likeness (QED) is 0.747. The van der Waals surface area contributed by atoms with E-state index in [4.69, 9.17) is 4.74 Å². The highest BCUT2D eigenvalue weighted by Gasteiger charge is 2.34. The minimum absolute atomic E-state index is 0.175. The van der Waals surface area contributed by atoms with E-state index in [1.807, 2.05) is 38.1 Å². The first-order valence-electron chi connectivity index (χ1n) is 7.14. The topological polar surface area (TPSA) is 46.6 Å². The van der Waals surface area contributed by atoms with Crippen LogP contribution in [0, 0.1) is 0 Å². The third-order valence-corrected chi connectivity index (χ3v) is 4.01. The number of ether oxygens (including phenoxy) is 1. The fourth-order valence-corrected chi connectivity index (χ4v) is 2.85. The van der Waals surface area contributed by atoms with E-state index in [-0.39, 0.29) is 11.1 Å².